The Labute approximate surface area is 233 Å². The number of carbonyl (C=O) groups is 2. The van der Waals surface area contributed by atoms with Gasteiger partial charge in [0.1, 0.15) is 19.0 Å². The van der Waals surface area contributed by atoms with Crippen LogP contribution in [0.5, 0.6) is 0 Å². The molecule has 0 saturated heterocycles. The standard InChI is InChI=1S/C32H33N3O5/c36-30(21-27-19-18-26-15-7-8-16-28(26)34-27)29(35-32(38)40-23-25-13-5-2-6-14-25)17-9-10-20-33-31(37)39-22-24-11-3-1-4-12-24/h1-8,11-16,18-19,21,29,36H,9-10,17,20,22-23H2,(H,33,37)(H,35,38)/b30-21-/t29-/m0/s1. The van der Waals surface area contributed by atoms with E-state index in [1.54, 1.807) is 6.08 Å². The summed E-state index contributed by atoms with van der Waals surface area (Å²) < 4.78 is 10.6. The Bertz CT molecular complexity index is 1410. The molecule has 206 valence electrons. The molecule has 0 fully saturated rings. The van der Waals surface area contributed by atoms with Crippen LogP contribution in [0.4, 0.5) is 9.59 Å². The summed E-state index contributed by atoms with van der Waals surface area (Å²) in [6.07, 6.45) is 2.09. The van der Waals surface area contributed by atoms with E-state index in [0.717, 1.165) is 22.0 Å². The second-order valence-electron chi connectivity index (χ2n) is 9.24. The minimum Gasteiger partial charge on any atom is -0.510 e. The van der Waals surface area contributed by atoms with Crippen LogP contribution in [-0.2, 0) is 22.7 Å². The third-order valence-corrected chi connectivity index (χ3v) is 6.18. The Kier molecular flexibility index (Phi) is 10.5. The number of hydrogen-bond acceptors (Lipinski definition) is 6. The van der Waals surface area contributed by atoms with Crippen LogP contribution >= 0.6 is 0 Å². The molecule has 40 heavy (non-hydrogen) atoms. The number of unbranched alkanes of at least 4 members (excludes halogenated alkanes) is 1. The van der Waals surface area contributed by atoms with E-state index in [0.29, 0.717) is 31.5 Å². The molecule has 0 unspecified atom stereocenters. The lowest BCUT2D eigenvalue weighted by atomic mass is 10.1. The first kappa shape index (κ1) is 28.2. The molecule has 0 saturated carbocycles. The fraction of sp³-hybridized carbons (Fsp3) is 0.219. The number of alkyl carbamates (subject to hydrolysis) is 2. The summed E-state index contributed by atoms with van der Waals surface area (Å²) in [5.41, 5.74) is 3.15. The van der Waals surface area contributed by atoms with Crippen molar-refractivity contribution >= 4 is 29.2 Å². The lowest BCUT2D eigenvalue weighted by Crippen LogP contribution is -2.37. The molecule has 0 aliphatic carbocycles. The van der Waals surface area contributed by atoms with E-state index in [-0.39, 0.29) is 19.0 Å². The number of ether oxygens (including phenoxy) is 2. The maximum Gasteiger partial charge on any atom is 0.408 e. The van der Waals surface area contributed by atoms with Crippen molar-refractivity contribution in [2.45, 2.75) is 38.5 Å². The van der Waals surface area contributed by atoms with Crippen LogP contribution in [-0.4, -0.2) is 34.9 Å². The molecule has 1 aromatic heterocycles. The molecule has 1 atom stereocenters. The zero-order valence-corrected chi connectivity index (χ0v) is 22.2. The fourth-order valence-electron chi connectivity index (χ4n) is 4.05. The number of aliphatic hydroxyl groups excluding tert-OH is 1. The minimum absolute atomic E-state index is 0.0327. The summed E-state index contributed by atoms with van der Waals surface area (Å²) in [6, 6.07) is 29.6. The zero-order chi connectivity index (χ0) is 28.0. The van der Waals surface area contributed by atoms with Crippen molar-refractivity contribution in [1.82, 2.24) is 15.6 Å². The van der Waals surface area contributed by atoms with Crippen molar-refractivity contribution in [1.29, 1.82) is 0 Å². The predicted octanol–water partition coefficient (Wildman–Crippen LogP) is 6.53. The molecular formula is C32H33N3O5. The average molecular weight is 540 g/mol. The molecule has 0 spiro atoms. The first-order valence-corrected chi connectivity index (χ1v) is 13.2. The maximum atomic E-state index is 12.6. The highest BCUT2D eigenvalue weighted by Crippen LogP contribution is 2.16. The van der Waals surface area contributed by atoms with E-state index in [1.165, 1.54) is 0 Å². The number of nitrogens with one attached hydrogen (secondary N) is 2. The molecule has 0 bridgehead atoms. The topological polar surface area (TPSA) is 110 Å². The first-order chi connectivity index (χ1) is 19.6. The van der Waals surface area contributed by atoms with Crippen LogP contribution in [0.2, 0.25) is 0 Å². The van der Waals surface area contributed by atoms with Crippen LogP contribution < -0.4 is 10.6 Å². The molecule has 0 aliphatic rings. The van der Waals surface area contributed by atoms with Gasteiger partial charge in [0, 0.05) is 18.0 Å². The molecule has 8 nitrogen and oxygen atoms in total. The van der Waals surface area contributed by atoms with Crippen molar-refractivity contribution < 1.29 is 24.2 Å². The van der Waals surface area contributed by atoms with Gasteiger partial charge in [0.25, 0.3) is 0 Å². The summed E-state index contributed by atoms with van der Waals surface area (Å²) in [5.74, 6) is -0.0327. The number of para-hydroxylation sites is 1. The summed E-state index contributed by atoms with van der Waals surface area (Å²) in [6.45, 7) is 0.714. The molecule has 4 rings (SSSR count). The van der Waals surface area contributed by atoms with Gasteiger partial charge in [0.05, 0.1) is 17.3 Å². The third kappa shape index (κ3) is 9.16. The second-order valence-corrected chi connectivity index (χ2v) is 9.24. The first-order valence-electron chi connectivity index (χ1n) is 13.2. The van der Waals surface area contributed by atoms with Crippen molar-refractivity contribution in [3.05, 3.63) is 120 Å². The number of amides is 2. The van der Waals surface area contributed by atoms with E-state index in [2.05, 4.69) is 15.6 Å². The van der Waals surface area contributed by atoms with Crippen molar-refractivity contribution in [2.24, 2.45) is 0 Å². The number of nitrogens with zero attached hydrogens (tertiary/aromatic N) is 1. The zero-order valence-electron chi connectivity index (χ0n) is 22.2. The Morgan fingerprint density at radius 1 is 0.775 bits per heavy atom. The molecule has 0 radical (unpaired) electrons. The Morgan fingerprint density at radius 2 is 1.40 bits per heavy atom. The lowest BCUT2D eigenvalue weighted by molar-refractivity contribution is 0.134. The quantitative estimate of drug-likeness (QED) is 0.140. The van der Waals surface area contributed by atoms with E-state index < -0.39 is 18.2 Å². The molecule has 8 heteroatoms. The molecule has 3 aromatic carbocycles. The third-order valence-electron chi connectivity index (χ3n) is 6.18. The highest BCUT2D eigenvalue weighted by atomic mass is 16.6. The fourth-order valence-corrected chi connectivity index (χ4v) is 4.05. The molecule has 3 N–H and O–H groups in total. The van der Waals surface area contributed by atoms with Crippen molar-refractivity contribution in [2.75, 3.05) is 6.54 Å². The Hall–Kier alpha value is -4.85. The summed E-state index contributed by atoms with van der Waals surface area (Å²) in [4.78, 5) is 29.1. The van der Waals surface area contributed by atoms with Crippen molar-refractivity contribution in [3.63, 3.8) is 0 Å². The van der Waals surface area contributed by atoms with Gasteiger partial charge in [-0.05, 0) is 42.5 Å². The highest BCUT2D eigenvalue weighted by Gasteiger charge is 2.18. The monoisotopic (exact) mass is 539 g/mol. The highest BCUT2D eigenvalue weighted by molar-refractivity contribution is 5.79. The van der Waals surface area contributed by atoms with Crippen LogP contribution in [0.3, 0.4) is 0 Å². The lowest BCUT2D eigenvalue weighted by Gasteiger charge is -2.18. The summed E-state index contributed by atoms with van der Waals surface area (Å²) >= 11 is 0. The molecule has 2 amide bonds. The van der Waals surface area contributed by atoms with E-state index in [9.17, 15) is 14.7 Å². The molecule has 1 heterocycles. The van der Waals surface area contributed by atoms with Gasteiger partial charge >= 0.3 is 12.2 Å². The van der Waals surface area contributed by atoms with Gasteiger partial charge in [0.15, 0.2) is 0 Å². The van der Waals surface area contributed by atoms with Gasteiger partial charge < -0.3 is 25.2 Å². The van der Waals surface area contributed by atoms with Gasteiger partial charge in [-0.25, -0.2) is 14.6 Å². The number of benzene rings is 3. The summed E-state index contributed by atoms with van der Waals surface area (Å²) in [5, 5.41) is 17.4. The summed E-state index contributed by atoms with van der Waals surface area (Å²) in [7, 11) is 0. The average Bonchev–Trinajstić information content (AvgIpc) is 2.99. The van der Waals surface area contributed by atoms with Crippen LogP contribution in [0, 0.1) is 0 Å². The van der Waals surface area contributed by atoms with Gasteiger partial charge in [-0.2, -0.15) is 0 Å². The largest absolute Gasteiger partial charge is 0.510 e. The van der Waals surface area contributed by atoms with Crippen molar-refractivity contribution in [3.8, 4) is 0 Å². The van der Waals surface area contributed by atoms with Gasteiger partial charge in [0.2, 0.25) is 0 Å². The minimum atomic E-state index is -0.693. The van der Waals surface area contributed by atoms with Crippen LogP contribution in [0.15, 0.2) is 103 Å². The Balaban J connectivity index is 1.31. The predicted molar refractivity (Wildman–Crippen MR) is 154 cm³/mol. The molecule has 0 aliphatic heterocycles. The molecular weight excluding hydrogens is 506 g/mol. The number of pyridine rings is 1. The number of fused-ring (bicyclic) bond motifs is 1. The number of aromatic nitrogens is 1. The van der Waals surface area contributed by atoms with Gasteiger partial charge in [-0.1, -0.05) is 84.9 Å². The number of rotatable bonds is 12. The van der Waals surface area contributed by atoms with Crippen LogP contribution in [0.25, 0.3) is 17.0 Å². The van der Waals surface area contributed by atoms with Crippen LogP contribution in [0.1, 0.15) is 36.1 Å². The van der Waals surface area contributed by atoms with E-state index in [4.69, 9.17) is 9.47 Å². The number of aliphatic hydroxyl groups is 1. The SMILES string of the molecule is O=C(NCCCC[C@H](NC(=O)OCc1ccccc1)/C(O)=C/c1ccc2ccccc2n1)OCc1ccccc1. The molecule has 4 aromatic rings. The number of hydrogen-bond donors (Lipinski definition) is 3. The smallest absolute Gasteiger partial charge is 0.408 e. The second kappa shape index (κ2) is 14.9. The van der Waals surface area contributed by atoms with Gasteiger partial charge in [-0.15, -0.1) is 0 Å². The van der Waals surface area contributed by atoms with E-state index in [1.807, 2.05) is 97.1 Å². The maximum absolute atomic E-state index is 12.6. The van der Waals surface area contributed by atoms with Gasteiger partial charge in [-0.3, -0.25) is 0 Å². The normalized spacial score (nSPS) is 11.9. The Morgan fingerprint density at radius 3 is 2.10 bits per heavy atom. The number of carbonyl (C=O) groups excluding carboxylic acids is 2. The van der Waals surface area contributed by atoms with E-state index >= 15 is 0 Å².